The fourth-order valence-corrected chi connectivity index (χ4v) is 4.94. The van der Waals surface area contributed by atoms with Gasteiger partial charge < -0.3 is 20.2 Å². The summed E-state index contributed by atoms with van der Waals surface area (Å²) < 4.78 is 13.5. The van der Waals surface area contributed by atoms with Crippen molar-refractivity contribution in [2.75, 3.05) is 4.90 Å². The fourth-order valence-electron chi connectivity index (χ4n) is 4.94. The number of nitrogens with zero attached hydrogens (tertiary/aromatic N) is 1. The number of phenols is 2. The number of anilines is 1. The minimum Gasteiger partial charge on any atom is -0.507 e. The summed E-state index contributed by atoms with van der Waals surface area (Å²) in [4.78, 5) is 14.9. The van der Waals surface area contributed by atoms with Gasteiger partial charge in [0.2, 0.25) is 5.91 Å². The smallest absolute Gasteiger partial charge is 0.233 e. The Kier molecular flexibility index (Phi) is 6.44. The first kappa shape index (κ1) is 23.6. The predicted molar refractivity (Wildman–Crippen MR) is 136 cm³/mol. The Bertz CT molecular complexity index is 1370. The molecule has 36 heavy (non-hydrogen) atoms. The zero-order chi connectivity index (χ0) is 25.2. The van der Waals surface area contributed by atoms with Crippen LogP contribution in [0.4, 0.5) is 10.1 Å². The molecule has 4 aromatic rings. The van der Waals surface area contributed by atoms with Gasteiger partial charge in [-0.1, -0.05) is 60.7 Å². The van der Waals surface area contributed by atoms with Gasteiger partial charge in [0.05, 0.1) is 18.1 Å². The largest absolute Gasteiger partial charge is 0.507 e. The van der Waals surface area contributed by atoms with E-state index < -0.39 is 23.9 Å². The highest BCUT2D eigenvalue weighted by molar-refractivity contribution is 6.03. The van der Waals surface area contributed by atoms with Gasteiger partial charge in [0.25, 0.3) is 0 Å². The number of rotatable bonds is 7. The maximum Gasteiger partial charge on any atom is 0.233 e. The number of amides is 1. The number of aromatic hydroxyl groups is 2. The van der Waals surface area contributed by atoms with Crippen LogP contribution in [-0.2, 0) is 4.79 Å². The Morgan fingerprint density at radius 2 is 1.47 bits per heavy atom. The van der Waals surface area contributed by atoms with Crippen LogP contribution >= 0.6 is 0 Å². The van der Waals surface area contributed by atoms with Crippen LogP contribution in [0.25, 0.3) is 11.1 Å². The van der Waals surface area contributed by atoms with E-state index in [1.54, 1.807) is 53.4 Å². The van der Waals surface area contributed by atoms with Crippen LogP contribution in [0.2, 0.25) is 0 Å². The highest BCUT2D eigenvalue weighted by Crippen LogP contribution is 2.48. The van der Waals surface area contributed by atoms with Crippen molar-refractivity contribution >= 4 is 11.6 Å². The van der Waals surface area contributed by atoms with Crippen LogP contribution < -0.4 is 4.90 Å². The molecule has 5 nitrogen and oxygen atoms in total. The maximum absolute atomic E-state index is 13.5. The summed E-state index contributed by atoms with van der Waals surface area (Å²) in [5, 5.41) is 31.7. The number of para-hydroxylation sites is 1. The van der Waals surface area contributed by atoms with Gasteiger partial charge in [0.15, 0.2) is 0 Å². The molecule has 6 heteroatoms. The first-order chi connectivity index (χ1) is 17.4. The SMILES string of the molecule is O=C1[C@H](CC[C@H](O)c2ccccc2)[C@@H](c2ccc(-c3ccccc3O)c(O)c2)N1c1ccc(F)cc1. The van der Waals surface area contributed by atoms with Crippen molar-refractivity contribution in [1.29, 1.82) is 0 Å². The number of hydrogen-bond donors (Lipinski definition) is 3. The Labute approximate surface area is 208 Å². The summed E-state index contributed by atoms with van der Waals surface area (Å²) in [6.07, 6.45) is 0.145. The summed E-state index contributed by atoms with van der Waals surface area (Å²) in [6, 6.07) is 26.6. The number of β-lactam (4-membered cyclic amide) rings is 1. The molecule has 0 aliphatic carbocycles. The van der Waals surface area contributed by atoms with Gasteiger partial charge in [-0.25, -0.2) is 4.39 Å². The first-order valence-corrected chi connectivity index (χ1v) is 11.9. The predicted octanol–water partition coefficient (Wildman–Crippen LogP) is 6.12. The van der Waals surface area contributed by atoms with E-state index in [9.17, 15) is 24.5 Å². The number of carbonyl (C=O) groups excluding carboxylic acids is 1. The molecule has 0 aromatic heterocycles. The number of halogens is 1. The van der Waals surface area contributed by atoms with E-state index in [-0.39, 0.29) is 17.4 Å². The summed E-state index contributed by atoms with van der Waals surface area (Å²) >= 11 is 0. The fraction of sp³-hybridized carbons (Fsp3) is 0.167. The molecule has 0 saturated carbocycles. The molecule has 5 rings (SSSR count). The lowest BCUT2D eigenvalue weighted by Crippen LogP contribution is -2.55. The van der Waals surface area contributed by atoms with Gasteiger partial charge in [-0.3, -0.25) is 4.79 Å². The summed E-state index contributed by atoms with van der Waals surface area (Å²) in [5.41, 5.74) is 3.06. The lowest BCUT2D eigenvalue weighted by molar-refractivity contribution is -0.131. The van der Waals surface area contributed by atoms with Crippen LogP contribution in [0.5, 0.6) is 11.5 Å². The lowest BCUT2D eigenvalue weighted by Gasteiger charge is -2.48. The Morgan fingerprint density at radius 3 is 2.17 bits per heavy atom. The summed E-state index contributed by atoms with van der Waals surface area (Å²) in [6.45, 7) is 0. The number of carbonyl (C=O) groups is 1. The molecular formula is C30H26FNO4. The molecule has 182 valence electrons. The highest BCUT2D eigenvalue weighted by atomic mass is 19.1. The number of aliphatic hydroxyl groups excluding tert-OH is 1. The molecule has 1 aliphatic heterocycles. The summed E-state index contributed by atoms with van der Waals surface area (Å²) in [5.74, 6) is -0.883. The minimum atomic E-state index is -0.698. The topological polar surface area (TPSA) is 81.0 Å². The van der Waals surface area contributed by atoms with Crippen molar-refractivity contribution in [3.63, 3.8) is 0 Å². The second kappa shape index (κ2) is 9.84. The van der Waals surface area contributed by atoms with Gasteiger partial charge in [0.1, 0.15) is 17.3 Å². The van der Waals surface area contributed by atoms with Crippen LogP contribution in [0.3, 0.4) is 0 Å². The van der Waals surface area contributed by atoms with Crippen molar-refractivity contribution in [1.82, 2.24) is 0 Å². The first-order valence-electron chi connectivity index (χ1n) is 11.9. The second-order valence-corrected chi connectivity index (χ2v) is 9.03. The molecular weight excluding hydrogens is 457 g/mol. The molecule has 0 spiro atoms. The molecule has 3 N–H and O–H groups in total. The number of hydrogen-bond acceptors (Lipinski definition) is 4. The van der Waals surface area contributed by atoms with Crippen LogP contribution in [0.15, 0.2) is 97.1 Å². The average Bonchev–Trinajstić information content (AvgIpc) is 2.89. The van der Waals surface area contributed by atoms with E-state index in [1.807, 2.05) is 36.4 Å². The number of aliphatic hydroxyl groups is 1. The third kappa shape index (κ3) is 4.43. The van der Waals surface area contributed by atoms with Crippen LogP contribution in [0, 0.1) is 11.7 Å². The molecule has 1 heterocycles. The van der Waals surface area contributed by atoms with E-state index in [0.29, 0.717) is 29.7 Å². The minimum absolute atomic E-state index is 0.0181. The quantitative estimate of drug-likeness (QED) is 0.277. The second-order valence-electron chi connectivity index (χ2n) is 9.03. The van der Waals surface area contributed by atoms with Gasteiger partial charge in [-0.15, -0.1) is 0 Å². The number of benzene rings is 4. The van der Waals surface area contributed by atoms with E-state index in [1.165, 1.54) is 12.1 Å². The van der Waals surface area contributed by atoms with E-state index >= 15 is 0 Å². The van der Waals surface area contributed by atoms with Gasteiger partial charge >= 0.3 is 0 Å². The van der Waals surface area contributed by atoms with Crippen LogP contribution in [-0.4, -0.2) is 21.2 Å². The monoisotopic (exact) mass is 483 g/mol. The van der Waals surface area contributed by atoms with Crippen molar-refractivity contribution in [3.05, 3.63) is 114 Å². The van der Waals surface area contributed by atoms with Crippen molar-refractivity contribution in [2.24, 2.45) is 5.92 Å². The third-order valence-corrected chi connectivity index (χ3v) is 6.81. The van der Waals surface area contributed by atoms with E-state index in [0.717, 1.165) is 11.1 Å². The maximum atomic E-state index is 13.5. The normalized spacial score (nSPS) is 18.1. The van der Waals surface area contributed by atoms with E-state index in [4.69, 9.17) is 0 Å². The molecule has 1 amide bonds. The zero-order valence-electron chi connectivity index (χ0n) is 19.5. The zero-order valence-corrected chi connectivity index (χ0v) is 19.5. The number of phenolic OH excluding ortho intramolecular Hbond substituents is 2. The molecule has 4 aromatic carbocycles. The average molecular weight is 484 g/mol. The van der Waals surface area contributed by atoms with Gasteiger partial charge in [0, 0.05) is 16.8 Å². The molecule has 0 radical (unpaired) electrons. The van der Waals surface area contributed by atoms with Gasteiger partial charge in [-0.05, 0) is 60.4 Å². The molecule has 3 atom stereocenters. The standard InChI is InChI=1S/C30H26FNO4/c31-21-11-13-22(14-12-21)32-29(25(30(32)36)16-17-26(33)19-6-2-1-3-7-19)20-10-15-24(28(35)18-20)23-8-4-5-9-27(23)34/h1-15,18,25-26,29,33-35H,16-17H2/t25-,26+,29-/m1/s1. The Hall–Kier alpha value is -4.16. The van der Waals surface area contributed by atoms with Crippen molar-refractivity contribution < 1.29 is 24.5 Å². The van der Waals surface area contributed by atoms with Crippen LogP contribution in [0.1, 0.15) is 36.1 Å². The van der Waals surface area contributed by atoms with E-state index in [2.05, 4.69) is 0 Å². The highest BCUT2D eigenvalue weighted by Gasteiger charge is 2.48. The van der Waals surface area contributed by atoms with Crippen molar-refractivity contribution in [3.8, 4) is 22.6 Å². The molecule has 0 unspecified atom stereocenters. The van der Waals surface area contributed by atoms with Gasteiger partial charge in [-0.2, -0.15) is 0 Å². The summed E-state index contributed by atoms with van der Waals surface area (Å²) in [7, 11) is 0. The lowest BCUT2D eigenvalue weighted by atomic mass is 9.78. The van der Waals surface area contributed by atoms with Crippen molar-refractivity contribution in [2.45, 2.75) is 25.0 Å². The Morgan fingerprint density at radius 1 is 0.806 bits per heavy atom. The third-order valence-electron chi connectivity index (χ3n) is 6.81. The molecule has 0 bridgehead atoms. The molecule has 1 aliphatic rings. The molecule has 1 saturated heterocycles. The molecule has 1 fully saturated rings. The Balaban J connectivity index is 1.45.